The van der Waals surface area contributed by atoms with E-state index in [1.165, 1.54) is 4.90 Å². The normalized spacial score (nSPS) is 15.2. The first-order valence-corrected chi connectivity index (χ1v) is 5.87. The average Bonchev–Trinajstić information content (AvgIpc) is 2.23. The van der Waals surface area contributed by atoms with Crippen molar-refractivity contribution in [3.8, 4) is 0 Å². The number of amides is 1. The van der Waals surface area contributed by atoms with Gasteiger partial charge < -0.3 is 15.0 Å². The lowest BCUT2D eigenvalue weighted by Crippen LogP contribution is -2.46. The molecule has 2 rings (SSSR count). The molecule has 7 nitrogen and oxygen atoms in total. The fraction of sp³-hybridized carbons (Fsp3) is 0.545. The molecule has 1 saturated carbocycles. The first-order valence-electron chi connectivity index (χ1n) is 5.87. The van der Waals surface area contributed by atoms with E-state index in [0.29, 0.717) is 0 Å². The maximum atomic E-state index is 12.2. The quantitative estimate of drug-likeness (QED) is 0.643. The summed E-state index contributed by atoms with van der Waals surface area (Å²) in [4.78, 5) is 40.3. The molecule has 1 amide bonds. The van der Waals surface area contributed by atoms with E-state index in [2.05, 4.69) is 4.98 Å². The van der Waals surface area contributed by atoms with Gasteiger partial charge in [-0.05, 0) is 19.3 Å². The Labute approximate surface area is 102 Å². The Morgan fingerprint density at radius 3 is 2.61 bits per heavy atom. The zero-order valence-electron chi connectivity index (χ0n) is 9.81. The minimum atomic E-state index is -0.705. The predicted molar refractivity (Wildman–Crippen MR) is 63.4 cm³/mol. The molecule has 0 unspecified atom stereocenters. The molecule has 0 bridgehead atoms. The van der Waals surface area contributed by atoms with E-state index in [1.54, 1.807) is 0 Å². The highest BCUT2D eigenvalue weighted by molar-refractivity contribution is 5.92. The molecule has 3 N–H and O–H groups in total. The van der Waals surface area contributed by atoms with Gasteiger partial charge in [0.15, 0.2) is 0 Å². The lowest BCUT2D eigenvalue weighted by atomic mass is 9.91. The van der Waals surface area contributed by atoms with Gasteiger partial charge >= 0.3 is 5.69 Å². The monoisotopic (exact) mass is 253 g/mol. The van der Waals surface area contributed by atoms with Crippen molar-refractivity contribution in [2.75, 3.05) is 13.2 Å². The summed E-state index contributed by atoms with van der Waals surface area (Å²) in [6.45, 7) is 0.0635. The number of aromatic nitrogens is 2. The van der Waals surface area contributed by atoms with Crippen LogP contribution in [0.2, 0.25) is 0 Å². The highest BCUT2D eigenvalue weighted by atomic mass is 16.3. The average molecular weight is 253 g/mol. The Hall–Kier alpha value is -1.89. The molecule has 0 spiro atoms. The largest absolute Gasteiger partial charge is 0.395 e. The van der Waals surface area contributed by atoms with Crippen LogP contribution in [0.5, 0.6) is 0 Å². The molecule has 0 atom stereocenters. The first-order chi connectivity index (χ1) is 8.61. The lowest BCUT2D eigenvalue weighted by molar-refractivity contribution is 0.0519. The van der Waals surface area contributed by atoms with Gasteiger partial charge in [0.25, 0.3) is 11.5 Å². The van der Waals surface area contributed by atoms with Gasteiger partial charge in [-0.2, -0.15) is 0 Å². The number of aliphatic hydroxyl groups is 1. The SMILES string of the molecule is O=C(c1cc(=O)[nH]c(=O)[nH]1)N(CCO)C1CCC1. The maximum Gasteiger partial charge on any atom is 0.326 e. The number of carbonyl (C=O) groups excluding carboxylic acids is 1. The van der Waals surface area contributed by atoms with Gasteiger partial charge in [0.05, 0.1) is 6.61 Å². The molecule has 0 aliphatic heterocycles. The van der Waals surface area contributed by atoms with Gasteiger partial charge in [0.1, 0.15) is 5.69 Å². The zero-order chi connectivity index (χ0) is 13.1. The van der Waals surface area contributed by atoms with Crippen molar-refractivity contribution in [2.24, 2.45) is 0 Å². The Bertz CT molecular complexity index is 515. The molecular formula is C11H15N3O4. The number of hydrogen-bond acceptors (Lipinski definition) is 4. The molecule has 1 aromatic heterocycles. The van der Waals surface area contributed by atoms with E-state index in [1.807, 2.05) is 4.98 Å². The van der Waals surface area contributed by atoms with Gasteiger partial charge in [-0.25, -0.2) is 4.79 Å². The second-order valence-electron chi connectivity index (χ2n) is 4.31. The topological polar surface area (TPSA) is 106 Å². The number of aliphatic hydroxyl groups excluding tert-OH is 1. The predicted octanol–water partition coefficient (Wildman–Crippen LogP) is -0.950. The smallest absolute Gasteiger partial charge is 0.326 e. The van der Waals surface area contributed by atoms with E-state index >= 15 is 0 Å². The van der Waals surface area contributed by atoms with Crippen LogP contribution in [0.15, 0.2) is 15.7 Å². The molecule has 18 heavy (non-hydrogen) atoms. The number of rotatable bonds is 4. The maximum absolute atomic E-state index is 12.2. The van der Waals surface area contributed by atoms with Crippen LogP contribution in [0.4, 0.5) is 0 Å². The van der Waals surface area contributed by atoms with Crippen LogP contribution in [0.25, 0.3) is 0 Å². The van der Waals surface area contributed by atoms with Crippen molar-refractivity contribution in [3.63, 3.8) is 0 Å². The van der Waals surface area contributed by atoms with Crippen molar-refractivity contribution < 1.29 is 9.90 Å². The molecule has 1 aliphatic rings. The molecular weight excluding hydrogens is 238 g/mol. The molecule has 1 aromatic rings. The minimum Gasteiger partial charge on any atom is -0.395 e. The van der Waals surface area contributed by atoms with Gasteiger partial charge in [0.2, 0.25) is 0 Å². The summed E-state index contributed by atoms with van der Waals surface area (Å²) in [5.74, 6) is -0.419. The molecule has 7 heteroatoms. The molecule has 1 fully saturated rings. The van der Waals surface area contributed by atoms with Crippen LogP contribution in [0.1, 0.15) is 29.8 Å². The van der Waals surface area contributed by atoms with Gasteiger partial charge in [-0.1, -0.05) is 0 Å². The highest BCUT2D eigenvalue weighted by Crippen LogP contribution is 2.25. The summed E-state index contributed by atoms with van der Waals surface area (Å²) in [6.07, 6.45) is 2.82. The fourth-order valence-corrected chi connectivity index (χ4v) is 1.99. The third-order valence-electron chi connectivity index (χ3n) is 3.11. The summed E-state index contributed by atoms with van der Waals surface area (Å²) in [5.41, 5.74) is -1.35. The van der Waals surface area contributed by atoms with Gasteiger partial charge in [0, 0.05) is 18.7 Å². The Kier molecular flexibility index (Phi) is 3.61. The number of nitrogens with zero attached hydrogens (tertiary/aromatic N) is 1. The molecule has 1 aliphatic carbocycles. The Balaban J connectivity index is 2.26. The second kappa shape index (κ2) is 5.18. The summed E-state index contributed by atoms with van der Waals surface area (Å²) >= 11 is 0. The Morgan fingerprint density at radius 2 is 2.11 bits per heavy atom. The van der Waals surface area contributed by atoms with Crippen molar-refractivity contribution in [3.05, 3.63) is 32.6 Å². The third-order valence-corrected chi connectivity index (χ3v) is 3.11. The van der Waals surface area contributed by atoms with E-state index in [9.17, 15) is 14.4 Å². The first kappa shape index (κ1) is 12.6. The fourth-order valence-electron chi connectivity index (χ4n) is 1.99. The van der Waals surface area contributed by atoms with Crippen molar-refractivity contribution in [1.29, 1.82) is 0 Å². The highest BCUT2D eigenvalue weighted by Gasteiger charge is 2.29. The number of nitrogens with one attached hydrogen (secondary N) is 2. The van der Waals surface area contributed by atoms with E-state index in [0.717, 1.165) is 25.3 Å². The van der Waals surface area contributed by atoms with Crippen LogP contribution in [-0.4, -0.2) is 45.1 Å². The Morgan fingerprint density at radius 1 is 1.39 bits per heavy atom. The van der Waals surface area contributed by atoms with Crippen molar-refractivity contribution in [2.45, 2.75) is 25.3 Å². The zero-order valence-corrected chi connectivity index (χ0v) is 9.81. The van der Waals surface area contributed by atoms with Crippen molar-refractivity contribution in [1.82, 2.24) is 14.9 Å². The van der Waals surface area contributed by atoms with E-state index < -0.39 is 17.2 Å². The third kappa shape index (κ3) is 2.51. The van der Waals surface area contributed by atoms with Crippen LogP contribution >= 0.6 is 0 Å². The van der Waals surface area contributed by atoms with Crippen LogP contribution in [0, 0.1) is 0 Å². The summed E-state index contributed by atoms with van der Waals surface area (Å²) < 4.78 is 0. The lowest BCUT2D eigenvalue weighted by Gasteiger charge is -2.37. The van der Waals surface area contributed by atoms with E-state index in [-0.39, 0.29) is 24.9 Å². The minimum absolute atomic E-state index is 0.0379. The summed E-state index contributed by atoms with van der Waals surface area (Å²) in [5, 5.41) is 8.98. The van der Waals surface area contributed by atoms with E-state index in [4.69, 9.17) is 5.11 Å². The van der Waals surface area contributed by atoms with Crippen LogP contribution < -0.4 is 11.2 Å². The van der Waals surface area contributed by atoms with Gasteiger partial charge in [-0.15, -0.1) is 0 Å². The van der Waals surface area contributed by atoms with Crippen LogP contribution in [0.3, 0.4) is 0 Å². The number of aromatic amines is 2. The summed E-state index contributed by atoms with van der Waals surface area (Å²) in [7, 11) is 0. The van der Waals surface area contributed by atoms with Gasteiger partial charge in [-0.3, -0.25) is 14.6 Å². The molecule has 98 valence electrons. The standard InChI is InChI=1S/C11H15N3O4/c15-5-4-14(7-2-1-3-7)10(17)8-6-9(16)13-11(18)12-8/h6-7,15H,1-5H2,(H2,12,13,16,18). The second-order valence-corrected chi connectivity index (χ2v) is 4.31. The summed E-state index contributed by atoms with van der Waals surface area (Å²) in [6, 6.07) is 1.15. The molecule has 1 heterocycles. The number of carbonyl (C=O) groups is 1. The molecule has 0 saturated heterocycles. The molecule has 0 aromatic carbocycles. The number of hydrogen-bond donors (Lipinski definition) is 3. The molecule has 0 radical (unpaired) electrons. The van der Waals surface area contributed by atoms with Crippen molar-refractivity contribution >= 4 is 5.91 Å². The van der Waals surface area contributed by atoms with Crippen LogP contribution in [-0.2, 0) is 0 Å². The number of H-pyrrole nitrogens is 2.